The van der Waals surface area contributed by atoms with Crippen LogP contribution in [0.15, 0.2) is 0 Å². The Bertz CT molecular complexity index is 496. The molecule has 0 aliphatic carbocycles. The fraction of sp³-hybridized carbons (Fsp3) is 0.714. The van der Waals surface area contributed by atoms with Crippen LogP contribution < -0.4 is 4.90 Å². The number of hydrogen-bond donors (Lipinski definition) is 0. The number of likely N-dealkylation sites (N-methyl/N-ethyl adjacent to an activating group) is 1. The van der Waals surface area contributed by atoms with E-state index in [0.29, 0.717) is 11.3 Å². The fourth-order valence-corrected chi connectivity index (χ4v) is 3.12. The Morgan fingerprint density at radius 3 is 2.80 bits per heavy atom. The number of fused-ring (bicyclic) bond motifs is 1. The summed E-state index contributed by atoms with van der Waals surface area (Å²) >= 11 is 6.14. The number of rotatable bonds is 1. The minimum atomic E-state index is 0.333. The highest BCUT2D eigenvalue weighted by molar-refractivity contribution is 6.28. The van der Waals surface area contributed by atoms with Crippen LogP contribution in [0, 0.1) is 0 Å². The maximum absolute atomic E-state index is 6.14. The molecule has 3 rings (SSSR count). The van der Waals surface area contributed by atoms with Crippen molar-refractivity contribution >= 4 is 17.4 Å². The van der Waals surface area contributed by atoms with Gasteiger partial charge in [0.25, 0.3) is 0 Å². The summed E-state index contributed by atoms with van der Waals surface area (Å²) in [7, 11) is 2.15. The fourth-order valence-electron chi connectivity index (χ4n) is 2.94. The van der Waals surface area contributed by atoms with Crippen molar-refractivity contribution in [2.45, 2.75) is 25.8 Å². The van der Waals surface area contributed by atoms with E-state index in [-0.39, 0.29) is 0 Å². The SMILES string of the molecule is CC1COCCN1c1nc(Cl)nc2c1CCN(C)CC2. The van der Waals surface area contributed by atoms with Crippen molar-refractivity contribution in [3.05, 3.63) is 16.5 Å². The van der Waals surface area contributed by atoms with Crippen LogP contribution in [0.1, 0.15) is 18.2 Å². The molecule has 1 atom stereocenters. The van der Waals surface area contributed by atoms with E-state index in [2.05, 4.69) is 33.7 Å². The van der Waals surface area contributed by atoms with E-state index in [4.69, 9.17) is 16.3 Å². The lowest BCUT2D eigenvalue weighted by molar-refractivity contribution is 0.0984. The Kier molecular flexibility index (Phi) is 4.10. The second kappa shape index (κ2) is 5.84. The van der Waals surface area contributed by atoms with Gasteiger partial charge in [-0.05, 0) is 32.0 Å². The topological polar surface area (TPSA) is 41.5 Å². The molecule has 0 spiro atoms. The van der Waals surface area contributed by atoms with E-state index >= 15 is 0 Å². The molecule has 1 aromatic heterocycles. The summed E-state index contributed by atoms with van der Waals surface area (Å²) in [5.74, 6) is 1.02. The Balaban J connectivity index is 2.00. The standard InChI is InChI=1S/C14H21ClN4O/c1-10-9-20-8-7-19(10)13-11-3-5-18(2)6-4-12(11)16-14(15)17-13/h10H,3-9H2,1-2H3. The van der Waals surface area contributed by atoms with Gasteiger partial charge in [0.2, 0.25) is 5.28 Å². The van der Waals surface area contributed by atoms with Crippen molar-refractivity contribution in [1.29, 1.82) is 0 Å². The van der Waals surface area contributed by atoms with Gasteiger partial charge < -0.3 is 14.5 Å². The lowest BCUT2D eigenvalue weighted by Gasteiger charge is -2.35. The summed E-state index contributed by atoms with van der Waals surface area (Å²) in [6, 6.07) is 0.333. The van der Waals surface area contributed by atoms with Crippen LogP contribution in [0.25, 0.3) is 0 Å². The van der Waals surface area contributed by atoms with E-state index in [0.717, 1.165) is 57.2 Å². The minimum absolute atomic E-state index is 0.333. The zero-order chi connectivity index (χ0) is 14.1. The van der Waals surface area contributed by atoms with Gasteiger partial charge in [-0.25, -0.2) is 9.97 Å². The Morgan fingerprint density at radius 1 is 1.20 bits per heavy atom. The molecule has 0 radical (unpaired) electrons. The van der Waals surface area contributed by atoms with Gasteiger partial charge >= 0.3 is 0 Å². The van der Waals surface area contributed by atoms with Crippen LogP contribution in [-0.2, 0) is 17.6 Å². The van der Waals surface area contributed by atoms with Crippen LogP contribution in [0.5, 0.6) is 0 Å². The molecule has 1 aromatic rings. The van der Waals surface area contributed by atoms with Crippen molar-refractivity contribution in [3.8, 4) is 0 Å². The summed E-state index contributed by atoms with van der Waals surface area (Å²) in [5, 5.41) is 0.363. The molecule has 0 bridgehead atoms. The Labute approximate surface area is 124 Å². The highest BCUT2D eigenvalue weighted by Gasteiger charge is 2.26. The van der Waals surface area contributed by atoms with Gasteiger partial charge in [0.15, 0.2) is 0 Å². The molecule has 20 heavy (non-hydrogen) atoms. The predicted octanol–water partition coefficient (Wildman–Crippen LogP) is 1.39. The Morgan fingerprint density at radius 2 is 2.00 bits per heavy atom. The lowest BCUT2D eigenvalue weighted by atomic mass is 10.1. The quantitative estimate of drug-likeness (QED) is 0.733. The lowest BCUT2D eigenvalue weighted by Crippen LogP contribution is -2.44. The van der Waals surface area contributed by atoms with Gasteiger partial charge in [0, 0.05) is 31.6 Å². The van der Waals surface area contributed by atoms with Crippen molar-refractivity contribution in [3.63, 3.8) is 0 Å². The predicted molar refractivity (Wildman–Crippen MR) is 79.6 cm³/mol. The summed E-state index contributed by atoms with van der Waals surface area (Å²) in [6.45, 7) is 6.61. The molecule has 0 N–H and O–H groups in total. The van der Waals surface area contributed by atoms with Gasteiger partial charge in [-0.15, -0.1) is 0 Å². The third kappa shape index (κ3) is 2.75. The first-order valence-electron chi connectivity index (χ1n) is 7.23. The molecule has 2 aliphatic rings. The zero-order valence-corrected chi connectivity index (χ0v) is 12.9. The summed E-state index contributed by atoms with van der Waals surface area (Å²) in [6.07, 6.45) is 1.93. The van der Waals surface area contributed by atoms with Crippen molar-refractivity contribution < 1.29 is 4.74 Å². The molecule has 1 saturated heterocycles. The van der Waals surface area contributed by atoms with Gasteiger partial charge in [-0.1, -0.05) is 0 Å². The maximum atomic E-state index is 6.14. The summed E-state index contributed by atoms with van der Waals surface area (Å²) in [4.78, 5) is 13.6. The smallest absolute Gasteiger partial charge is 0.224 e. The third-order valence-electron chi connectivity index (χ3n) is 4.16. The first-order chi connectivity index (χ1) is 9.65. The average Bonchev–Trinajstić information content (AvgIpc) is 2.61. The Hall–Kier alpha value is -0.910. The molecule has 0 amide bonds. The molecule has 110 valence electrons. The third-order valence-corrected chi connectivity index (χ3v) is 4.33. The van der Waals surface area contributed by atoms with Gasteiger partial charge in [0.05, 0.1) is 24.9 Å². The van der Waals surface area contributed by atoms with Crippen molar-refractivity contribution in [2.24, 2.45) is 0 Å². The highest BCUT2D eigenvalue weighted by Crippen LogP contribution is 2.28. The van der Waals surface area contributed by atoms with E-state index in [9.17, 15) is 0 Å². The van der Waals surface area contributed by atoms with Crippen LogP contribution in [-0.4, -0.2) is 60.8 Å². The van der Waals surface area contributed by atoms with Crippen LogP contribution in [0.2, 0.25) is 5.28 Å². The molecular weight excluding hydrogens is 276 g/mol. The molecule has 0 saturated carbocycles. The van der Waals surface area contributed by atoms with Crippen molar-refractivity contribution in [1.82, 2.24) is 14.9 Å². The normalized spacial score (nSPS) is 24.4. The number of halogens is 1. The molecule has 1 fully saturated rings. The molecule has 2 aliphatic heterocycles. The maximum Gasteiger partial charge on any atom is 0.224 e. The molecular formula is C14H21ClN4O. The number of aromatic nitrogens is 2. The van der Waals surface area contributed by atoms with E-state index in [1.165, 1.54) is 5.56 Å². The average molecular weight is 297 g/mol. The number of ether oxygens (including phenoxy) is 1. The molecule has 0 aromatic carbocycles. The number of morpholine rings is 1. The second-order valence-corrected chi connectivity index (χ2v) is 6.00. The van der Waals surface area contributed by atoms with Crippen LogP contribution >= 0.6 is 11.6 Å². The summed E-state index contributed by atoms with van der Waals surface area (Å²) < 4.78 is 5.52. The second-order valence-electron chi connectivity index (χ2n) is 5.66. The van der Waals surface area contributed by atoms with Crippen LogP contribution in [0.3, 0.4) is 0 Å². The summed E-state index contributed by atoms with van der Waals surface area (Å²) in [5.41, 5.74) is 2.38. The van der Waals surface area contributed by atoms with Gasteiger partial charge in [0.1, 0.15) is 5.82 Å². The van der Waals surface area contributed by atoms with E-state index < -0.39 is 0 Å². The first kappa shape index (κ1) is 14.0. The zero-order valence-electron chi connectivity index (χ0n) is 12.1. The highest BCUT2D eigenvalue weighted by atomic mass is 35.5. The number of hydrogen-bond acceptors (Lipinski definition) is 5. The monoisotopic (exact) mass is 296 g/mol. The van der Waals surface area contributed by atoms with Crippen molar-refractivity contribution in [2.75, 3.05) is 44.8 Å². The van der Waals surface area contributed by atoms with E-state index in [1.54, 1.807) is 0 Å². The molecule has 3 heterocycles. The first-order valence-corrected chi connectivity index (χ1v) is 7.61. The molecule has 5 nitrogen and oxygen atoms in total. The van der Waals surface area contributed by atoms with Gasteiger partial charge in [-0.2, -0.15) is 0 Å². The largest absolute Gasteiger partial charge is 0.377 e. The van der Waals surface area contributed by atoms with Gasteiger partial charge in [-0.3, -0.25) is 0 Å². The molecule has 1 unspecified atom stereocenters. The van der Waals surface area contributed by atoms with Crippen LogP contribution in [0.4, 0.5) is 5.82 Å². The van der Waals surface area contributed by atoms with E-state index in [1.807, 2.05) is 0 Å². The number of nitrogens with zero attached hydrogens (tertiary/aromatic N) is 4. The minimum Gasteiger partial charge on any atom is -0.377 e. The molecule has 6 heteroatoms. The number of anilines is 1.